The number of halogens is 1. The number of ether oxygens (including phenoxy) is 2. The second-order valence-corrected chi connectivity index (χ2v) is 5.36. The fraction of sp³-hybridized carbons (Fsp3) is 0.167. The molecule has 1 amide bonds. The fourth-order valence-electron chi connectivity index (χ4n) is 1.94. The van der Waals surface area contributed by atoms with E-state index in [-0.39, 0.29) is 24.7 Å². The summed E-state index contributed by atoms with van der Waals surface area (Å²) in [7, 11) is 0. The van der Waals surface area contributed by atoms with Gasteiger partial charge in [0.05, 0.1) is 13.2 Å². The van der Waals surface area contributed by atoms with E-state index >= 15 is 0 Å². The third-order valence-electron chi connectivity index (χ3n) is 3.14. The number of nitrogens with one attached hydrogen (secondary N) is 1. The molecular formula is C18H16ClNO5. The highest BCUT2D eigenvalue weighted by Gasteiger charge is 2.11. The van der Waals surface area contributed by atoms with Crippen LogP contribution in [0, 0.1) is 0 Å². The van der Waals surface area contributed by atoms with Crippen molar-refractivity contribution in [2.45, 2.75) is 6.92 Å². The van der Waals surface area contributed by atoms with Crippen LogP contribution in [-0.4, -0.2) is 31.0 Å². The van der Waals surface area contributed by atoms with Crippen molar-refractivity contribution in [3.8, 4) is 5.75 Å². The average molecular weight is 362 g/mol. The minimum Gasteiger partial charge on any atom is -0.434 e. The van der Waals surface area contributed by atoms with E-state index in [9.17, 15) is 14.4 Å². The maximum Gasteiger partial charge on any atom is 0.513 e. The SMILES string of the molecule is CCOC(=O)Oc1ccc(C(=O)NCC(=O)c2cccc(Cl)c2)cc1. The Balaban J connectivity index is 1.90. The highest BCUT2D eigenvalue weighted by atomic mass is 35.5. The first kappa shape index (κ1) is 18.5. The van der Waals surface area contributed by atoms with Crippen molar-refractivity contribution >= 4 is 29.4 Å². The molecule has 1 N–H and O–H groups in total. The smallest absolute Gasteiger partial charge is 0.434 e. The van der Waals surface area contributed by atoms with Gasteiger partial charge in [-0.05, 0) is 43.3 Å². The van der Waals surface area contributed by atoms with Crippen molar-refractivity contribution in [3.63, 3.8) is 0 Å². The third-order valence-corrected chi connectivity index (χ3v) is 3.37. The average Bonchev–Trinajstić information content (AvgIpc) is 2.60. The Morgan fingerprint density at radius 1 is 1.04 bits per heavy atom. The van der Waals surface area contributed by atoms with E-state index < -0.39 is 12.1 Å². The van der Waals surface area contributed by atoms with Crippen LogP contribution >= 0.6 is 11.6 Å². The quantitative estimate of drug-likeness (QED) is 0.484. The zero-order valence-electron chi connectivity index (χ0n) is 13.5. The molecule has 0 aromatic heterocycles. The molecule has 0 unspecified atom stereocenters. The molecule has 0 heterocycles. The van der Waals surface area contributed by atoms with E-state index in [1.54, 1.807) is 25.1 Å². The highest BCUT2D eigenvalue weighted by molar-refractivity contribution is 6.31. The van der Waals surface area contributed by atoms with E-state index in [2.05, 4.69) is 10.1 Å². The molecule has 0 aliphatic rings. The summed E-state index contributed by atoms with van der Waals surface area (Å²) in [4.78, 5) is 35.3. The molecule has 130 valence electrons. The van der Waals surface area contributed by atoms with Crippen LogP contribution in [-0.2, 0) is 4.74 Å². The van der Waals surface area contributed by atoms with Crippen molar-refractivity contribution in [2.75, 3.05) is 13.2 Å². The Morgan fingerprint density at radius 2 is 1.76 bits per heavy atom. The number of carbonyl (C=O) groups excluding carboxylic acids is 3. The molecule has 0 saturated carbocycles. The Kier molecular flexibility index (Phi) is 6.54. The molecule has 25 heavy (non-hydrogen) atoms. The maximum atomic E-state index is 12.1. The molecule has 0 saturated heterocycles. The van der Waals surface area contributed by atoms with Crippen LogP contribution in [0.2, 0.25) is 5.02 Å². The number of hydrogen-bond acceptors (Lipinski definition) is 5. The van der Waals surface area contributed by atoms with Crippen molar-refractivity contribution in [2.24, 2.45) is 0 Å². The van der Waals surface area contributed by atoms with Crippen LogP contribution in [0.3, 0.4) is 0 Å². The molecular weight excluding hydrogens is 346 g/mol. The Labute approximate surface area is 149 Å². The topological polar surface area (TPSA) is 81.7 Å². The molecule has 0 fully saturated rings. The standard InChI is InChI=1S/C18H16ClNO5/c1-2-24-18(23)25-15-8-6-12(7-9-15)17(22)20-11-16(21)13-4-3-5-14(19)10-13/h3-10H,2,11H2,1H3,(H,20,22). The lowest BCUT2D eigenvalue weighted by Gasteiger charge is -2.07. The van der Waals surface area contributed by atoms with Crippen LogP contribution in [0.15, 0.2) is 48.5 Å². The maximum absolute atomic E-state index is 12.1. The van der Waals surface area contributed by atoms with Crippen molar-refractivity contribution in [3.05, 3.63) is 64.7 Å². The summed E-state index contributed by atoms with van der Waals surface area (Å²) in [6.45, 7) is 1.72. The normalized spacial score (nSPS) is 10.0. The summed E-state index contributed by atoms with van der Waals surface area (Å²) in [5, 5.41) is 2.99. The zero-order chi connectivity index (χ0) is 18.2. The van der Waals surface area contributed by atoms with Crippen molar-refractivity contribution in [1.29, 1.82) is 0 Å². The third kappa shape index (κ3) is 5.61. The van der Waals surface area contributed by atoms with Crippen LogP contribution in [0.5, 0.6) is 5.75 Å². The van der Waals surface area contributed by atoms with Gasteiger partial charge in [-0.3, -0.25) is 9.59 Å². The summed E-state index contributed by atoms with van der Waals surface area (Å²) >= 11 is 5.83. The number of Topliss-reactive ketones (excluding diaryl/α,β-unsaturated/α-hetero) is 1. The highest BCUT2D eigenvalue weighted by Crippen LogP contribution is 2.13. The lowest BCUT2D eigenvalue weighted by Crippen LogP contribution is -2.29. The minimum atomic E-state index is -0.813. The molecule has 2 rings (SSSR count). The summed E-state index contributed by atoms with van der Waals surface area (Å²) in [5.41, 5.74) is 0.751. The van der Waals surface area contributed by atoms with Gasteiger partial charge in [-0.15, -0.1) is 0 Å². The van der Waals surface area contributed by atoms with Crippen LogP contribution in [0.25, 0.3) is 0 Å². The predicted molar refractivity (Wildman–Crippen MR) is 92.2 cm³/mol. The molecule has 0 atom stereocenters. The molecule has 2 aromatic carbocycles. The largest absolute Gasteiger partial charge is 0.513 e. The predicted octanol–water partition coefficient (Wildman–Crippen LogP) is 3.49. The number of amides is 1. The zero-order valence-corrected chi connectivity index (χ0v) is 14.2. The van der Waals surface area contributed by atoms with E-state index in [1.165, 1.54) is 30.3 Å². The summed E-state index contributed by atoms with van der Waals surface area (Å²) in [6, 6.07) is 12.4. The van der Waals surface area contributed by atoms with Gasteiger partial charge in [-0.25, -0.2) is 4.79 Å². The molecule has 0 radical (unpaired) electrons. The van der Waals surface area contributed by atoms with Gasteiger partial charge in [0.1, 0.15) is 5.75 Å². The summed E-state index contributed by atoms with van der Waals surface area (Å²) < 4.78 is 9.55. The second kappa shape index (κ2) is 8.84. The lowest BCUT2D eigenvalue weighted by atomic mass is 10.1. The Morgan fingerprint density at radius 3 is 2.40 bits per heavy atom. The van der Waals surface area contributed by atoms with Gasteiger partial charge >= 0.3 is 6.16 Å². The van der Waals surface area contributed by atoms with E-state index in [4.69, 9.17) is 16.3 Å². The number of carbonyl (C=O) groups is 3. The van der Waals surface area contributed by atoms with Crippen molar-refractivity contribution < 1.29 is 23.9 Å². The van der Waals surface area contributed by atoms with E-state index in [0.29, 0.717) is 16.1 Å². The molecule has 0 bridgehead atoms. The van der Waals surface area contributed by atoms with Gasteiger partial charge in [-0.1, -0.05) is 23.7 Å². The van der Waals surface area contributed by atoms with Crippen LogP contribution < -0.4 is 10.1 Å². The van der Waals surface area contributed by atoms with Crippen LogP contribution in [0.1, 0.15) is 27.6 Å². The minimum absolute atomic E-state index is 0.153. The Bertz CT molecular complexity index is 773. The monoisotopic (exact) mass is 361 g/mol. The molecule has 0 spiro atoms. The first-order valence-corrected chi connectivity index (χ1v) is 7.89. The van der Waals surface area contributed by atoms with Crippen LogP contribution in [0.4, 0.5) is 4.79 Å². The Hall–Kier alpha value is -2.86. The lowest BCUT2D eigenvalue weighted by molar-refractivity contribution is 0.0904. The second-order valence-electron chi connectivity index (χ2n) is 4.93. The van der Waals surface area contributed by atoms with Gasteiger partial charge in [0.25, 0.3) is 5.91 Å². The van der Waals surface area contributed by atoms with Gasteiger partial charge < -0.3 is 14.8 Å². The van der Waals surface area contributed by atoms with Gasteiger partial charge in [0.2, 0.25) is 0 Å². The number of ketones is 1. The molecule has 7 heteroatoms. The van der Waals surface area contributed by atoms with Gasteiger partial charge in [0, 0.05) is 16.1 Å². The first-order valence-electron chi connectivity index (χ1n) is 7.51. The molecule has 2 aromatic rings. The van der Waals surface area contributed by atoms with Gasteiger partial charge in [-0.2, -0.15) is 0 Å². The molecule has 6 nitrogen and oxygen atoms in total. The summed E-state index contributed by atoms with van der Waals surface area (Å²) in [5.74, 6) is -0.416. The first-order chi connectivity index (χ1) is 12.0. The number of benzene rings is 2. The number of rotatable bonds is 6. The number of hydrogen-bond donors (Lipinski definition) is 1. The summed E-state index contributed by atoms with van der Waals surface area (Å²) in [6.07, 6.45) is -0.813. The van der Waals surface area contributed by atoms with Crippen molar-refractivity contribution in [1.82, 2.24) is 5.32 Å². The molecule has 0 aliphatic carbocycles. The fourth-order valence-corrected chi connectivity index (χ4v) is 2.13. The van der Waals surface area contributed by atoms with E-state index in [1.807, 2.05) is 0 Å². The van der Waals surface area contributed by atoms with E-state index in [0.717, 1.165) is 0 Å². The molecule has 0 aliphatic heterocycles. The van der Waals surface area contributed by atoms with Gasteiger partial charge in [0.15, 0.2) is 5.78 Å².